The van der Waals surface area contributed by atoms with Crippen molar-refractivity contribution in [3.8, 4) is 24.0 Å². The number of ether oxygens (including phenoxy) is 2. The minimum Gasteiger partial charge on any atom is -0.388 e. The maximum Gasteiger partial charge on any atom is 0.292 e. The van der Waals surface area contributed by atoms with Gasteiger partial charge in [-0.25, -0.2) is 0 Å². The second-order valence-electron chi connectivity index (χ2n) is 3.85. The molecule has 2 aromatic carbocycles. The minimum atomic E-state index is -0.571. The molecule has 2 rings (SSSR count). The molecule has 4 nitrogen and oxygen atoms in total. The molecule has 0 spiro atoms. The summed E-state index contributed by atoms with van der Waals surface area (Å²) in [6, 6.07) is 15.0. The molecule has 0 aliphatic carbocycles. The third-order valence-corrected chi connectivity index (χ3v) is 4.34. The first-order valence-corrected chi connectivity index (χ1v) is 7.03. The van der Waals surface area contributed by atoms with E-state index in [0.717, 1.165) is 0 Å². The molecule has 0 aliphatic rings. The number of rotatable bonds is 4. The van der Waals surface area contributed by atoms with E-state index in [1.165, 1.54) is 10.4 Å². The van der Waals surface area contributed by atoms with Crippen LogP contribution in [0.5, 0.6) is 11.5 Å². The van der Waals surface area contributed by atoms with Gasteiger partial charge in [0.2, 0.25) is 0 Å². The monoisotopic (exact) mass is 266 g/mol. The summed E-state index contributed by atoms with van der Waals surface area (Å²) in [6.45, 7) is 0. The van der Waals surface area contributed by atoms with E-state index in [-0.39, 0.29) is 0 Å². The molecule has 19 heavy (non-hydrogen) atoms. The Labute approximate surface area is 113 Å². The fourth-order valence-electron chi connectivity index (χ4n) is 1.69. The summed E-state index contributed by atoms with van der Waals surface area (Å²) in [5.74, 6) is 1.11. The largest absolute Gasteiger partial charge is 0.388 e. The van der Waals surface area contributed by atoms with E-state index in [0.29, 0.717) is 11.5 Å². The van der Waals surface area contributed by atoms with Gasteiger partial charge in [0.25, 0.3) is 12.5 Å². The Balaban J connectivity index is 2.04. The van der Waals surface area contributed by atoms with E-state index in [4.69, 9.17) is 20.0 Å². The summed E-state index contributed by atoms with van der Waals surface area (Å²) in [6.07, 6.45) is 3.28. The SMILES string of the molecule is N#COc1ccc([SiH2]c2ccc(OC#N)cc2)cc1. The quantitative estimate of drug-likeness (QED) is 0.598. The van der Waals surface area contributed by atoms with Crippen LogP contribution >= 0.6 is 0 Å². The van der Waals surface area contributed by atoms with Crippen molar-refractivity contribution >= 4 is 19.9 Å². The third-order valence-electron chi connectivity index (χ3n) is 2.58. The highest BCUT2D eigenvalue weighted by Crippen LogP contribution is 2.07. The molecule has 2 aromatic rings. The van der Waals surface area contributed by atoms with Crippen molar-refractivity contribution in [1.29, 1.82) is 10.5 Å². The van der Waals surface area contributed by atoms with Gasteiger partial charge in [0, 0.05) is 0 Å². The number of nitriles is 2. The van der Waals surface area contributed by atoms with Gasteiger partial charge in [-0.2, -0.15) is 0 Å². The molecule has 0 fully saturated rings. The molecule has 0 saturated carbocycles. The fraction of sp³-hybridized carbons (Fsp3) is 0. The maximum absolute atomic E-state index is 8.40. The first-order valence-electron chi connectivity index (χ1n) is 5.61. The van der Waals surface area contributed by atoms with Crippen molar-refractivity contribution in [2.45, 2.75) is 0 Å². The highest BCUT2D eigenvalue weighted by atomic mass is 28.2. The molecule has 0 aliphatic heterocycles. The van der Waals surface area contributed by atoms with Crippen LogP contribution in [0.1, 0.15) is 0 Å². The van der Waals surface area contributed by atoms with Crippen LogP contribution in [0.2, 0.25) is 0 Å². The lowest BCUT2D eigenvalue weighted by Crippen LogP contribution is -2.26. The highest BCUT2D eigenvalue weighted by Gasteiger charge is 2.00. The van der Waals surface area contributed by atoms with Gasteiger partial charge in [-0.15, -0.1) is 10.5 Å². The van der Waals surface area contributed by atoms with E-state index in [1.54, 1.807) is 36.8 Å². The molecular formula is C14H10N2O2Si. The Hall–Kier alpha value is -2.76. The van der Waals surface area contributed by atoms with Gasteiger partial charge < -0.3 is 9.47 Å². The zero-order valence-corrected chi connectivity index (χ0v) is 11.5. The molecule has 0 N–H and O–H groups in total. The Kier molecular flexibility index (Phi) is 4.17. The van der Waals surface area contributed by atoms with Gasteiger partial charge in [-0.05, 0) is 24.3 Å². The van der Waals surface area contributed by atoms with Crippen LogP contribution in [0.3, 0.4) is 0 Å². The van der Waals surface area contributed by atoms with Crippen LogP contribution < -0.4 is 19.8 Å². The Bertz CT molecular complexity index is 567. The van der Waals surface area contributed by atoms with Crippen LogP contribution in [0.25, 0.3) is 0 Å². The van der Waals surface area contributed by atoms with Gasteiger partial charge in [0.05, 0.1) is 9.52 Å². The van der Waals surface area contributed by atoms with E-state index in [9.17, 15) is 0 Å². The Morgan fingerprint density at radius 2 is 1.05 bits per heavy atom. The number of hydrogen-bond donors (Lipinski definition) is 0. The lowest BCUT2D eigenvalue weighted by Gasteiger charge is -2.03. The normalized spacial score (nSPS) is 9.16. The summed E-state index contributed by atoms with van der Waals surface area (Å²) >= 11 is 0. The van der Waals surface area contributed by atoms with Crippen LogP contribution in [-0.2, 0) is 0 Å². The number of hydrogen-bond acceptors (Lipinski definition) is 4. The van der Waals surface area contributed by atoms with E-state index in [1.807, 2.05) is 24.3 Å². The Morgan fingerprint density at radius 3 is 1.37 bits per heavy atom. The third kappa shape index (κ3) is 3.60. The fourth-order valence-corrected chi connectivity index (χ4v) is 3.11. The van der Waals surface area contributed by atoms with Gasteiger partial charge in [-0.1, -0.05) is 34.6 Å². The van der Waals surface area contributed by atoms with E-state index >= 15 is 0 Å². The predicted molar refractivity (Wildman–Crippen MR) is 73.2 cm³/mol. The first kappa shape index (κ1) is 12.7. The van der Waals surface area contributed by atoms with Crippen molar-refractivity contribution in [2.75, 3.05) is 0 Å². The second-order valence-corrected chi connectivity index (χ2v) is 5.84. The van der Waals surface area contributed by atoms with Crippen molar-refractivity contribution in [2.24, 2.45) is 0 Å². The average Bonchev–Trinajstić information content (AvgIpc) is 2.44. The van der Waals surface area contributed by atoms with Gasteiger partial charge >= 0.3 is 0 Å². The van der Waals surface area contributed by atoms with Crippen molar-refractivity contribution < 1.29 is 9.47 Å². The summed E-state index contributed by atoms with van der Waals surface area (Å²) in [7, 11) is -0.571. The molecular weight excluding hydrogens is 256 g/mol. The molecule has 0 amide bonds. The zero-order valence-electron chi connectivity index (χ0n) is 10.0. The Morgan fingerprint density at radius 1 is 0.684 bits per heavy atom. The summed E-state index contributed by atoms with van der Waals surface area (Å²) in [5, 5.41) is 19.3. The lowest BCUT2D eigenvalue weighted by atomic mass is 10.3. The second kappa shape index (κ2) is 6.25. The van der Waals surface area contributed by atoms with Gasteiger partial charge in [0.1, 0.15) is 11.5 Å². The molecule has 0 atom stereocenters. The predicted octanol–water partition coefficient (Wildman–Crippen LogP) is 0.526. The summed E-state index contributed by atoms with van der Waals surface area (Å²) in [4.78, 5) is 0. The van der Waals surface area contributed by atoms with E-state index in [2.05, 4.69) is 0 Å². The van der Waals surface area contributed by atoms with Crippen molar-refractivity contribution in [3.63, 3.8) is 0 Å². The molecule has 0 heterocycles. The number of nitrogens with zero attached hydrogens (tertiary/aromatic N) is 2. The average molecular weight is 266 g/mol. The standard InChI is InChI=1S/C14H10N2O2Si/c15-9-17-11-1-5-13(6-2-11)19-14-7-3-12(4-8-14)18-10-16/h1-8H,19H2. The van der Waals surface area contributed by atoms with Crippen LogP contribution in [0, 0.1) is 23.0 Å². The number of benzene rings is 2. The van der Waals surface area contributed by atoms with Crippen LogP contribution in [0.15, 0.2) is 48.5 Å². The van der Waals surface area contributed by atoms with Gasteiger partial charge in [0.15, 0.2) is 0 Å². The molecule has 5 heteroatoms. The summed E-state index contributed by atoms with van der Waals surface area (Å²) < 4.78 is 9.46. The first-order chi connectivity index (χ1) is 9.31. The summed E-state index contributed by atoms with van der Waals surface area (Å²) in [5.41, 5.74) is 0. The smallest absolute Gasteiger partial charge is 0.292 e. The highest BCUT2D eigenvalue weighted by molar-refractivity contribution is 6.67. The minimum absolute atomic E-state index is 0.554. The topological polar surface area (TPSA) is 66.0 Å². The molecule has 0 saturated heterocycles. The maximum atomic E-state index is 8.40. The molecule has 92 valence electrons. The van der Waals surface area contributed by atoms with Crippen molar-refractivity contribution in [3.05, 3.63) is 48.5 Å². The molecule has 0 aromatic heterocycles. The molecule has 0 bridgehead atoms. The van der Waals surface area contributed by atoms with Crippen molar-refractivity contribution in [1.82, 2.24) is 0 Å². The van der Waals surface area contributed by atoms with E-state index < -0.39 is 9.52 Å². The van der Waals surface area contributed by atoms with Crippen LogP contribution in [-0.4, -0.2) is 9.52 Å². The van der Waals surface area contributed by atoms with Crippen LogP contribution in [0.4, 0.5) is 0 Å². The zero-order chi connectivity index (χ0) is 13.5. The van der Waals surface area contributed by atoms with Gasteiger partial charge in [-0.3, -0.25) is 0 Å². The molecule has 0 radical (unpaired) electrons. The molecule has 0 unspecified atom stereocenters. The lowest BCUT2D eigenvalue weighted by molar-refractivity contribution is 0.507.